The Labute approximate surface area is 325 Å². The van der Waals surface area contributed by atoms with Crippen LogP contribution in [0.2, 0.25) is 0 Å². The molecule has 54 heavy (non-hydrogen) atoms. The van der Waals surface area contributed by atoms with Crippen molar-refractivity contribution in [1.82, 2.24) is 0 Å². The van der Waals surface area contributed by atoms with Gasteiger partial charge in [0, 0.05) is 31.2 Å². The molecule has 290 valence electrons. The van der Waals surface area contributed by atoms with Gasteiger partial charge in [-0.1, -0.05) is 125 Å². The largest absolute Gasteiger partial charge is 0.507 e. The summed E-state index contributed by atoms with van der Waals surface area (Å²) in [5.74, 6) is 2.07. The van der Waals surface area contributed by atoms with Gasteiger partial charge in [-0.3, -0.25) is 4.79 Å². The molecule has 1 aliphatic rings. The fraction of sp³-hybridized carbons (Fsp3) is 0.490. The molecule has 0 aromatic heterocycles. The number of aromatic hydroxyl groups is 2. The molecule has 0 unspecified atom stereocenters. The van der Waals surface area contributed by atoms with Crippen LogP contribution in [0.1, 0.15) is 173 Å². The number of carbonyl (C=O) groups excluding carboxylic acids is 1. The summed E-state index contributed by atoms with van der Waals surface area (Å²) in [6.07, 6.45) is 6.38. The molecular weight excluding hydrogens is 669 g/mol. The number of unbranched alkanes of at least 4 members (excludes halogenated alkanes) is 2. The quantitative estimate of drug-likeness (QED) is 0.117. The van der Waals surface area contributed by atoms with Crippen LogP contribution in [0, 0.1) is 0 Å². The first-order valence-corrected chi connectivity index (χ1v) is 20.1. The highest BCUT2D eigenvalue weighted by Gasteiger charge is 2.27. The molecule has 0 radical (unpaired) electrons. The number of benzene rings is 4. The average molecular weight is 733 g/mol. The van der Waals surface area contributed by atoms with E-state index in [-0.39, 0.29) is 22.0 Å². The van der Waals surface area contributed by atoms with Gasteiger partial charge in [-0.05, 0) is 102 Å². The first-order valence-electron chi connectivity index (χ1n) is 20.1. The summed E-state index contributed by atoms with van der Waals surface area (Å²) >= 11 is 0. The van der Waals surface area contributed by atoms with Gasteiger partial charge in [-0.15, -0.1) is 0 Å². The standard InChI is InChI=1S/C49H64O5/c1-12-14-16-53-45-36-20-32-18-31(30-50)19-33(43(32)51)21-37-27-42(49(9,10)11)29-39(46(37)54-17-15-13-2)23-35-25-40(47(3,4)5)24-34(44(35)52)22-38(45)28-41(26-36)48(6,7)8/h18-19,24-30,51-52H,12-17,20-23H2,1-11H3. The van der Waals surface area contributed by atoms with E-state index in [1.54, 1.807) is 0 Å². The summed E-state index contributed by atoms with van der Waals surface area (Å²) in [6.45, 7) is 25.3. The van der Waals surface area contributed by atoms with Crippen LogP contribution >= 0.6 is 0 Å². The number of phenols is 2. The molecule has 5 nitrogen and oxygen atoms in total. The molecule has 2 N–H and O–H groups in total. The van der Waals surface area contributed by atoms with Crippen molar-refractivity contribution in [3.05, 3.63) is 115 Å². The molecule has 1 aliphatic carbocycles. The maximum Gasteiger partial charge on any atom is 0.150 e. The first-order chi connectivity index (χ1) is 25.3. The number of carbonyl (C=O) groups is 1. The minimum Gasteiger partial charge on any atom is -0.507 e. The van der Waals surface area contributed by atoms with Crippen molar-refractivity contribution in [2.75, 3.05) is 13.2 Å². The van der Waals surface area contributed by atoms with E-state index in [1.165, 1.54) is 0 Å². The van der Waals surface area contributed by atoms with Crippen molar-refractivity contribution in [2.24, 2.45) is 0 Å². The zero-order chi connectivity index (χ0) is 39.6. The SMILES string of the molecule is CCCCOc1c2cc(C(C)(C)C)cc1Cc1cc(C(C)(C)C)cc(c1O)Cc1cc(C(C)(C)C)cc(c1OCCCC)Cc1cc(C=O)cc(c1O)C2. The van der Waals surface area contributed by atoms with Crippen LogP contribution in [-0.2, 0) is 41.9 Å². The topological polar surface area (TPSA) is 76.0 Å². The summed E-state index contributed by atoms with van der Waals surface area (Å²) < 4.78 is 13.4. The molecule has 0 fully saturated rings. The van der Waals surface area contributed by atoms with Gasteiger partial charge >= 0.3 is 0 Å². The smallest absolute Gasteiger partial charge is 0.150 e. The summed E-state index contributed by atoms with van der Waals surface area (Å²) in [6, 6.07) is 16.9. The zero-order valence-corrected chi connectivity index (χ0v) is 34.9. The Morgan fingerprint density at radius 3 is 1.04 bits per heavy atom. The van der Waals surface area contributed by atoms with E-state index in [0.717, 1.165) is 93.5 Å². The summed E-state index contributed by atoms with van der Waals surface area (Å²) in [5, 5.41) is 24.5. The highest BCUT2D eigenvalue weighted by atomic mass is 16.5. The molecule has 4 aromatic carbocycles. The molecule has 0 saturated carbocycles. The Balaban J connectivity index is 1.91. The molecule has 4 aromatic rings. The van der Waals surface area contributed by atoms with Crippen molar-refractivity contribution in [3.63, 3.8) is 0 Å². The van der Waals surface area contributed by atoms with E-state index >= 15 is 0 Å². The first kappa shape index (κ1) is 40.9. The van der Waals surface area contributed by atoms with Crippen molar-refractivity contribution in [2.45, 2.75) is 144 Å². The van der Waals surface area contributed by atoms with Crippen LogP contribution in [0.15, 0.2) is 48.5 Å². The van der Waals surface area contributed by atoms with Crippen molar-refractivity contribution in [1.29, 1.82) is 0 Å². The fourth-order valence-corrected chi connectivity index (χ4v) is 7.32. The van der Waals surface area contributed by atoms with Crippen LogP contribution in [0.3, 0.4) is 0 Å². The molecule has 0 saturated heterocycles. The van der Waals surface area contributed by atoms with Crippen molar-refractivity contribution < 1.29 is 24.5 Å². The van der Waals surface area contributed by atoms with Crippen LogP contribution in [-0.4, -0.2) is 29.7 Å². The highest BCUT2D eigenvalue weighted by Crippen LogP contribution is 2.43. The predicted octanol–water partition coefficient (Wildman–Crippen LogP) is 11.8. The Morgan fingerprint density at radius 1 is 0.500 bits per heavy atom. The van der Waals surface area contributed by atoms with Crippen molar-refractivity contribution >= 4 is 6.29 Å². The number of fused-ring (bicyclic) bond motifs is 8. The Hall–Kier alpha value is -4.25. The van der Waals surface area contributed by atoms with Gasteiger partial charge in [0.05, 0.1) is 13.2 Å². The van der Waals surface area contributed by atoms with Crippen molar-refractivity contribution in [3.8, 4) is 23.0 Å². The number of hydrogen-bond donors (Lipinski definition) is 2. The van der Waals surface area contributed by atoms with Gasteiger partial charge in [0.2, 0.25) is 0 Å². The second kappa shape index (κ2) is 16.2. The van der Waals surface area contributed by atoms with E-state index in [1.807, 2.05) is 12.1 Å². The second-order valence-corrected chi connectivity index (χ2v) is 18.6. The maximum atomic E-state index is 12.5. The number of hydrogen-bond acceptors (Lipinski definition) is 5. The lowest BCUT2D eigenvalue weighted by Gasteiger charge is -2.27. The summed E-state index contributed by atoms with van der Waals surface area (Å²) in [5.41, 5.74) is 10.5. The minimum absolute atomic E-state index is 0.160. The summed E-state index contributed by atoms with van der Waals surface area (Å²) in [4.78, 5) is 12.5. The van der Waals surface area contributed by atoms with Gasteiger partial charge in [-0.25, -0.2) is 0 Å². The van der Waals surface area contributed by atoms with Gasteiger partial charge < -0.3 is 19.7 Å². The molecule has 0 aliphatic heterocycles. The van der Waals surface area contributed by atoms with E-state index in [2.05, 4.69) is 113 Å². The molecule has 0 heterocycles. The molecule has 0 spiro atoms. The van der Waals surface area contributed by atoms with E-state index < -0.39 is 0 Å². The Kier molecular flexibility index (Phi) is 12.3. The molecule has 5 rings (SSSR count). The minimum atomic E-state index is -0.174. The van der Waals surface area contributed by atoms with Crippen LogP contribution < -0.4 is 9.47 Å². The summed E-state index contributed by atoms with van der Waals surface area (Å²) in [7, 11) is 0. The lowest BCUT2D eigenvalue weighted by molar-refractivity contribution is 0.112. The van der Waals surface area contributed by atoms with E-state index in [4.69, 9.17) is 9.47 Å². The lowest BCUT2D eigenvalue weighted by Crippen LogP contribution is -2.16. The predicted molar refractivity (Wildman–Crippen MR) is 223 cm³/mol. The number of phenolic OH excluding ortho intramolecular Hbond substituents is 2. The molecule has 5 heteroatoms. The molecule has 0 atom stereocenters. The van der Waals surface area contributed by atoms with E-state index in [0.29, 0.717) is 61.3 Å². The third-order valence-electron chi connectivity index (χ3n) is 10.8. The lowest BCUT2D eigenvalue weighted by atomic mass is 9.80. The van der Waals surface area contributed by atoms with Gasteiger partial charge in [0.15, 0.2) is 0 Å². The third-order valence-corrected chi connectivity index (χ3v) is 10.8. The van der Waals surface area contributed by atoms with Crippen LogP contribution in [0.4, 0.5) is 0 Å². The Morgan fingerprint density at radius 2 is 0.778 bits per heavy atom. The van der Waals surface area contributed by atoms with Crippen LogP contribution in [0.5, 0.6) is 23.0 Å². The molecular formula is C49H64O5. The molecule has 8 bridgehead atoms. The second-order valence-electron chi connectivity index (χ2n) is 18.6. The number of rotatable bonds is 9. The molecule has 0 amide bonds. The highest BCUT2D eigenvalue weighted by molar-refractivity contribution is 5.77. The van der Waals surface area contributed by atoms with E-state index in [9.17, 15) is 15.0 Å². The zero-order valence-electron chi connectivity index (χ0n) is 34.9. The van der Waals surface area contributed by atoms with Crippen LogP contribution in [0.25, 0.3) is 0 Å². The normalized spacial score (nSPS) is 13.5. The third kappa shape index (κ3) is 9.33. The maximum absolute atomic E-state index is 12.5. The number of ether oxygens (including phenoxy) is 2. The monoisotopic (exact) mass is 732 g/mol. The number of aldehydes is 1. The van der Waals surface area contributed by atoms with Gasteiger partial charge in [0.25, 0.3) is 0 Å². The Bertz CT molecular complexity index is 1850. The fourth-order valence-electron chi connectivity index (χ4n) is 7.32. The van der Waals surface area contributed by atoms with Gasteiger partial charge in [-0.2, -0.15) is 0 Å². The van der Waals surface area contributed by atoms with Gasteiger partial charge in [0.1, 0.15) is 29.3 Å². The average Bonchev–Trinajstić information content (AvgIpc) is 3.08.